The number of rotatable bonds is 2. The molecule has 0 spiro atoms. The minimum absolute atomic E-state index is 0.239. The van der Waals surface area contributed by atoms with Gasteiger partial charge in [0.1, 0.15) is 0 Å². The van der Waals surface area contributed by atoms with Crippen LogP contribution in [-0.4, -0.2) is 21.1 Å². The summed E-state index contributed by atoms with van der Waals surface area (Å²) in [4.78, 5) is 0. The Morgan fingerprint density at radius 1 is 0.769 bits per heavy atom. The van der Waals surface area contributed by atoms with E-state index in [1.54, 1.807) is 0 Å². The second-order valence-corrected chi connectivity index (χ2v) is 8.66. The Morgan fingerprint density at radius 2 is 1.31 bits per heavy atom. The van der Waals surface area contributed by atoms with E-state index < -0.39 is 0 Å². The van der Waals surface area contributed by atoms with Crippen LogP contribution in [0.2, 0.25) is 7.87 Å². The normalized spacial score (nSPS) is 31.1. The Morgan fingerprint density at radius 3 is 1.69 bits per heavy atom. The van der Waals surface area contributed by atoms with Gasteiger partial charge in [0.15, 0.2) is 0 Å². The minimum atomic E-state index is -0.239. The van der Waals surface area contributed by atoms with E-state index in [0.717, 1.165) is 7.87 Å². The van der Waals surface area contributed by atoms with Gasteiger partial charge in [-0.15, -0.1) is 0 Å². The zero-order chi connectivity index (χ0) is 8.93. The predicted molar refractivity (Wildman–Crippen MR) is 59.0 cm³/mol. The molecule has 0 aromatic carbocycles. The van der Waals surface area contributed by atoms with Crippen LogP contribution in [0.15, 0.2) is 48.6 Å². The summed E-state index contributed by atoms with van der Waals surface area (Å²) in [6.07, 6.45) is 20.8. The molecule has 0 bridgehead atoms. The Bertz CT molecular complexity index is 243. The van der Waals surface area contributed by atoms with Crippen molar-refractivity contribution in [3.8, 4) is 0 Å². The van der Waals surface area contributed by atoms with Gasteiger partial charge in [-0.2, -0.15) is 0 Å². The van der Waals surface area contributed by atoms with Gasteiger partial charge >= 0.3 is 90.5 Å². The number of hydrogen-bond acceptors (Lipinski definition) is 0. The molecule has 0 aliphatic heterocycles. The molecule has 2 atom stereocenters. The predicted octanol–water partition coefficient (Wildman–Crippen LogP) is 3.30. The number of allylic oxidation sites excluding steroid dienone is 8. The maximum absolute atomic E-state index is 2.42. The van der Waals surface area contributed by atoms with Gasteiger partial charge in [0.05, 0.1) is 0 Å². The first-order valence-electron chi connectivity index (χ1n) is 4.88. The summed E-state index contributed by atoms with van der Waals surface area (Å²) in [7, 11) is 0. The van der Waals surface area contributed by atoms with Crippen LogP contribution in [-0.2, 0) is 0 Å². The molecule has 1 heteroatoms. The summed E-state index contributed by atoms with van der Waals surface area (Å²) in [6.45, 7) is 0. The van der Waals surface area contributed by atoms with Crippen molar-refractivity contribution in [1.29, 1.82) is 0 Å². The molecule has 0 saturated heterocycles. The molecular formula is C12H14Sn. The Labute approximate surface area is 90.3 Å². The Balaban J connectivity index is 1.84. The molecule has 66 valence electrons. The molecule has 2 aliphatic rings. The second kappa shape index (κ2) is 4.85. The van der Waals surface area contributed by atoms with Crippen LogP contribution in [0.5, 0.6) is 0 Å². The SMILES string of the molecule is C1=CC[CH]([Sn][CH]2C=CC=CC2)C=C1. The first-order chi connectivity index (χ1) is 6.45. The fourth-order valence-electron chi connectivity index (χ4n) is 1.68. The molecule has 0 N–H and O–H groups in total. The average Bonchev–Trinajstić information content (AvgIpc) is 2.21. The average molecular weight is 277 g/mol. The van der Waals surface area contributed by atoms with Crippen molar-refractivity contribution in [1.82, 2.24) is 0 Å². The summed E-state index contributed by atoms with van der Waals surface area (Å²) in [6, 6.07) is 0. The van der Waals surface area contributed by atoms with E-state index in [0.29, 0.717) is 0 Å². The van der Waals surface area contributed by atoms with Gasteiger partial charge in [0.2, 0.25) is 0 Å². The van der Waals surface area contributed by atoms with Crippen LogP contribution < -0.4 is 0 Å². The van der Waals surface area contributed by atoms with E-state index in [1.165, 1.54) is 12.8 Å². The van der Waals surface area contributed by atoms with E-state index in [1.807, 2.05) is 0 Å². The molecule has 0 saturated carbocycles. The zero-order valence-corrected chi connectivity index (χ0v) is 10.5. The second-order valence-electron chi connectivity index (χ2n) is 3.48. The first-order valence-corrected chi connectivity index (χ1v) is 8.17. The van der Waals surface area contributed by atoms with E-state index in [4.69, 9.17) is 0 Å². The van der Waals surface area contributed by atoms with Gasteiger partial charge in [0, 0.05) is 0 Å². The number of hydrogen-bond donors (Lipinski definition) is 0. The summed E-state index contributed by atoms with van der Waals surface area (Å²) in [5.74, 6) is 0. The van der Waals surface area contributed by atoms with Gasteiger partial charge in [-0.3, -0.25) is 0 Å². The van der Waals surface area contributed by atoms with Crippen LogP contribution >= 0.6 is 0 Å². The van der Waals surface area contributed by atoms with Crippen LogP contribution in [0.1, 0.15) is 12.8 Å². The van der Waals surface area contributed by atoms with Crippen molar-refractivity contribution in [2.75, 3.05) is 0 Å². The van der Waals surface area contributed by atoms with E-state index in [-0.39, 0.29) is 21.1 Å². The van der Waals surface area contributed by atoms with Crippen molar-refractivity contribution in [3.05, 3.63) is 48.6 Å². The quantitative estimate of drug-likeness (QED) is 0.679. The summed E-state index contributed by atoms with van der Waals surface area (Å²) in [5, 5.41) is 0. The molecular weight excluding hydrogens is 263 g/mol. The van der Waals surface area contributed by atoms with E-state index in [9.17, 15) is 0 Å². The van der Waals surface area contributed by atoms with Gasteiger partial charge in [-0.1, -0.05) is 0 Å². The third-order valence-corrected chi connectivity index (χ3v) is 7.28. The van der Waals surface area contributed by atoms with Crippen molar-refractivity contribution in [3.63, 3.8) is 0 Å². The van der Waals surface area contributed by atoms with Crippen molar-refractivity contribution in [2.45, 2.75) is 20.7 Å². The topological polar surface area (TPSA) is 0 Å². The van der Waals surface area contributed by atoms with Crippen LogP contribution in [0.3, 0.4) is 0 Å². The molecule has 2 unspecified atom stereocenters. The molecule has 0 aromatic rings. The monoisotopic (exact) mass is 278 g/mol. The van der Waals surface area contributed by atoms with E-state index >= 15 is 0 Å². The summed E-state index contributed by atoms with van der Waals surface area (Å²) in [5.41, 5.74) is 0. The molecule has 13 heavy (non-hydrogen) atoms. The van der Waals surface area contributed by atoms with Crippen LogP contribution in [0, 0.1) is 0 Å². The van der Waals surface area contributed by atoms with Crippen molar-refractivity contribution in [2.24, 2.45) is 0 Å². The fraction of sp³-hybridized carbons (Fsp3) is 0.333. The molecule has 2 rings (SSSR count). The van der Waals surface area contributed by atoms with Crippen molar-refractivity contribution >= 4 is 21.1 Å². The van der Waals surface area contributed by atoms with Crippen LogP contribution in [0.25, 0.3) is 0 Å². The van der Waals surface area contributed by atoms with Gasteiger partial charge in [-0.25, -0.2) is 0 Å². The fourth-order valence-corrected chi connectivity index (χ4v) is 6.07. The Kier molecular flexibility index (Phi) is 3.47. The molecule has 0 amide bonds. The molecule has 2 aliphatic carbocycles. The standard InChI is InChI=1S/2C6H7.Sn/c2*1-2-4-6-5-3-1;/h2*1-5H,6H2;. The summed E-state index contributed by atoms with van der Waals surface area (Å²) < 4.78 is 1.88. The molecule has 0 heterocycles. The maximum atomic E-state index is 2.42. The molecule has 0 nitrogen and oxygen atoms in total. The zero-order valence-electron chi connectivity index (χ0n) is 7.69. The third-order valence-electron chi connectivity index (χ3n) is 2.39. The van der Waals surface area contributed by atoms with Crippen LogP contribution in [0.4, 0.5) is 0 Å². The first kappa shape index (κ1) is 9.32. The molecule has 0 fully saturated rings. The Hall–Kier alpha value is -0.241. The molecule has 0 aromatic heterocycles. The summed E-state index contributed by atoms with van der Waals surface area (Å²) >= 11 is -0.239. The van der Waals surface area contributed by atoms with Gasteiger partial charge < -0.3 is 0 Å². The molecule has 2 radical (unpaired) electrons. The van der Waals surface area contributed by atoms with E-state index in [2.05, 4.69) is 48.6 Å². The third kappa shape index (κ3) is 2.87. The van der Waals surface area contributed by atoms with Crippen molar-refractivity contribution < 1.29 is 0 Å². The van der Waals surface area contributed by atoms with Gasteiger partial charge in [-0.05, 0) is 0 Å². The van der Waals surface area contributed by atoms with Gasteiger partial charge in [0.25, 0.3) is 0 Å².